The number of likely N-dealkylation sites (tertiary alicyclic amines) is 2. The van der Waals surface area contributed by atoms with Crippen LogP contribution in [-0.4, -0.2) is 69.7 Å². The van der Waals surface area contributed by atoms with Gasteiger partial charge in [0.15, 0.2) is 0 Å². The smallest absolute Gasteiger partial charge is 0.409 e. The molecule has 7 nitrogen and oxygen atoms in total. The molecule has 1 saturated carbocycles. The number of aromatic nitrogens is 3. The van der Waals surface area contributed by atoms with E-state index in [-0.39, 0.29) is 17.3 Å². The molecular weight excluding hydrogens is 409 g/mol. The Bertz CT molecular complexity index is 958. The predicted octanol–water partition coefficient (Wildman–Crippen LogP) is 3.87. The number of nitrogens with zero attached hydrogens (tertiary/aromatic N) is 5. The summed E-state index contributed by atoms with van der Waals surface area (Å²) in [7, 11) is 0. The SMILES string of the molecule is CCOC(=O)N1CC2(CC[C@@H](N3CCC(c4ncc(F)cc4-c4cnccn4)CC3)C2)C1. The third-order valence-electron chi connectivity index (χ3n) is 7.41. The Morgan fingerprint density at radius 2 is 2.00 bits per heavy atom. The van der Waals surface area contributed by atoms with Crippen molar-refractivity contribution in [2.75, 3.05) is 32.8 Å². The number of hydrogen-bond acceptors (Lipinski definition) is 6. The molecule has 8 heteroatoms. The fraction of sp³-hybridized carbons (Fsp3) is 0.583. The molecule has 0 bridgehead atoms. The van der Waals surface area contributed by atoms with E-state index in [4.69, 9.17) is 4.74 Å². The molecule has 1 aliphatic carbocycles. The number of amides is 1. The van der Waals surface area contributed by atoms with E-state index >= 15 is 0 Å². The van der Waals surface area contributed by atoms with Gasteiger partial charge in [-0.2, -0.15) is 0 Å². The Hall–Kier alpha value is -2.61. The van der Waals surface area contributed by atoms with Gasteiger partial charge in [0.2, 0.25) is 0 Å². The minimum atomic E-state index is -0.347. The molecule has 2 aliphatic heterocycles. The van der Waals surface area contributed by atoms with Crippen LogP contribution >= 0.6 is 0 Å². The normalized spacial score (nSPS) is 23.3. The first kappa shape index (κ1) is 21.2. The second-order valence-corrected chi connectivity index (χ2v) is 9.44. The van der Waals surface area contributed by atoms with Crippen LogP contribution in [0.5, 0.6) is 0 Å². The average molecular weight is 440 g/mol. The molecule has 0 N–H and O–H groups in total. The fourth-order valence-electron chi connectivity index (χ4n) is 5.84. The summed E-state index contributed by atoms with van der Waals surface area (Å²) >= 11 is 0. The molecule has 2 saturated heterocycles. The summed E-state index contributed by atoms with van der Waals surface area (Å²) in [4.78, 5) is 29.4. The summed E-state index contributed by atoms with van der Waals surface area (Å²) in [6.07, 6.45) is 11.6. The Morgan fingerprint density at radius 1 is 1.19 bits per heavy atom. The maximum Gasteiger partial charge on any atom is 0.409 e. The van der Waals surface area contributed by atoms with Crippen molar-refractivity contribution < 1.29 is 13.9 Å². The van der Waals surface area contributed by atoms with Crippen LogP contribution in [0.2, 0.25) is 0 Å². The highest BCUT2D eigenvalue weighted by atomic mass is 19.1. The van der Waals surface area contributed by atoms with Crippen LogP contribution in [0.1, 0.15) is 50.6 Å². The van der Waals surface area contributed by atoms with Crippen molar-refractivity contribution in [3.63, 3.8) is 0 Å². The molecule has 3 fully saturated rings. The first-order valence-electron chi connectivity index (χ1n) is 11.6. The molecule has 0 radical (unpaired) electrons. The van der Waals surface area contributed by atoms with Crippen LogP contribution < -0.4 is 0 Å². The summed E-state index contributed by atoms with van der Waals surface area (Å²) in [5.74, 6) is -0.0531. The molecule has 0 unspecified atom stereocenters. The quantitative estimate of drug-likeness (QED) is 0.720. The van der Waals surface area contributed by atoms with Crippen molar-refractivity contribution in [2.24, 2.45) is 5.41 Å². The van der Waals surface area contributed by atoms with Gasteiger partial charge in [-0.3, -0.25) is 15.0 Å². The van der Waals surface area contributed by atoms with Crippen molar-refractivity contribution in [3.8, 4) is 11.3 Å². The Morgan fingerprint density at radius 3 is 2.72 bits per heavy atom. The molecule has 3 aliphatic rings. The summed E-state index contributed by atoms with van der Waals surface area (Å²) in [6, 6.07) is 2.12. The highest BCUT2D eigenvalue weighted by molar-refractivity contribution is 5.69. The second-order valence-electron chi connectivity index (χ2n) is 9.44. The van der Waals surface area contributed by atoms with Gasteiger partial charge in [-0.25, -0.2) is 9.18 Å². The lowest BCUT2D eigenvalue weighted by molar-refractivity contribution is -0.00361. The first-order chi connectivity index (χ1) is 15.6. The van der Waals surface area contributed by atoms with E-state index in [0.29, 0.717) is 24.3 Å². The molecule has 0 aromatic carbocycles. The zero-order chi connectivity index (χ0) is 22.1. The van der Waals surface area contributed by atoms with Gasteiger partial charge in [0, 0.05) is 48.4 Å². The fourth-order valence-corrected chi connectivity index (χ4v) is 5.84. The lowest BCUT2D eigenvalue weighted by Gasteiger charge is -2.48. The third-order valence-corrected chi connectivity index (χ3v) is 7.41. The van der Waals surface area contributed by atoms with Crippen molar-refractivity contribution >= 4 is 6.09 Å². The van der Waals surface area contributed by atoms with Gasteiger partial charge in [-0.1, -0.05) is 0 Å². The van der Waals surface area contributed by atoms with Crippen molar-refractivity contribution in [1.82, 2.24) is 24.8 Å². The number of rotatable bonds is 4. The molecule has 32 heavy (non-hydrogen) atoms. The van der Waals surface area contributed by atoms with E-state index in [1.165, 1.54) is 25.1 Å². The Labute approximate surface area is 188 Å². The van der Waals surface area contributed by atoms with E-state index in [0.717, 1.165) is 56.7 Å². The molecule has 5 rings (SSSR count). The van der Waals surface area contributed by atoms with E-state index in [9.17, 15) is 9.18 Å². The largest absolute Gasteiger partial charge is 0.450 e. The summed E-state index contributed by atoms with van der Waals surface area (Å²) in [5, 5.41) is 0. The van der Waals surface area contributed by atoms with E-state index in [1.807, 2.05) is 11.8 Å². The predicted molar refractivity (Wildman–Crippen MR) is 117 cm³/mol. The highest BCUT2D eigenvalue weighted by Crippen LogP contribution is 2.48. The molecular formula is C24H30FN5O2. The minimum Gasteiger partial charge on any atom is -0.450 e. The van der Waals surface area contributed by atoms with Crippen LogP contribution in [0.3, 0.4) is 0 Å². The number of hydrogen-bond donors (Lipinski definition) is 0. The summed E-state index contributed by atoms with van der Waals surface area (Å²) in [6.45, 7) is 5.99. The second kappa shape index (κ2) is 8.73. The lowest BCUT2D eigenvalue weighted by Crippen LogP contribution is -2.58. The van der Waals surface area contributed by atoms with E-state index in [2.05, 4.69) is 19.9 Å². The molecule has 1 atom stereocenters. The zero-order valence-corrected chi connectivity index (χ0v) is 18.5. The first-order valence-corrected chi connectivity index (χ1v) is 11.6. The summed E-state index contributed by atoms with van der Waals surface area (Å²) in [5.41, 5.74) is 2.64. The van der Waals surface area contributed by atoms with Crippen LogP contribution in [0.4, 0.5) is 9.18 Å². The van der Waals surface area contributed by atoms with Crippen LogP contribution in [0.25, 0.3) is 11.3 Å². The van der Waals surface area contributed by atoms with Crippen LogP contribution in [-0.2, 0) is 4.74 Å². The minimum absolute atomic E-state index is 0.173. The molecule has 2 aromatic heterocycles. The van der Waals surface area contributed by atoms with Crippen LogP contribution in [0.15, 0.2) is 30.9 Å². The molecule has 2 aromatic rings. The molecule has 1 amide bonds. The lowest BCUT2D eigenvalue weighted by atomic mass is 9.78. The topological polar surface area (TPSA) is 71.5 Å². The van der Waals surface area contributed by atoms with E-state index in [1.54, 1.807) is 18.6 Å². The van der Waals surface area contributed by atoms with Gasteiger partial charge < -0.3 is 14.5 Å². The Balaban J connectivity index is 1.20. The Kier molecular flexibility index (Phi) is 5.80. The average Bonchev–Trinajstić information content (AvgIpc) is 3.25. The van der Waals surface area contributed by atoms with Gasteiger partial charge in [0.1, 0.15) is 5.82 Å². The monoisotopic (exact) mass is 439 g/mol. The number of piperidine rings is 1. The molecule has 1 spiro atoms. The number of pyridine rings is 1. The van der Waals surface area contributed by atoms with Crippen molar-refractivity contribution in [1.29, 1.82) is 0 Å². The van der Waals surface area contributed by atoms with Gasteiger partial charge in [-0.15, -0.1) is 0 Å². The standard InChI is InChI=1S/C24H30FN5O2/c1-2-32-23(31)30-15-24(16-30)6-3-19(12-24)29-9-4-17(5-10-29)22-20(11-18(25)13-28-22)21-14-26-7-8-27-21/h7-8,11,13-14,17,19H,2-6,9-10,12,15-16H2,1H3/t19-/m1/s1. The molecule has 4 heterocycles. The summed E-state index contributed by atoms with van der Waals surface area (Å²) < 4.78 is 19.1. The third kappa shape index (κ3) is 4.08. The molecule has 170 valence electrons. The number of ether oxygens (including phenoxy) is 1. The number of carbonyl (C=O) groups excluding carboxylic acids is 1. The van der Waals surface area contributed by atoms with Crippen molar-refractivity contribution in [2.45, 2.75) is 51.0 Å². The number of halogens is 1. The van der Waals surface area contributed by atoms with Crippen LogP contribution in [0, 0.1) is 11.2 Å². The van der Waals surface area contributed by atoms with Gasteiger partial charge >= 0.3 is 6.09 Å². The maximum absolute atomic E-state index is 13.9. The van der Waals surface area contributed by atoms with Gasteiger partial charge in [-0.05, 0) is 58.2 Å². The highest BCUT2D eigenvalue weighted by Gasteiger charge is 2.51. The van der Waals surface area contributed by atoms with Crippen molar-refractivity contribution in [3.05, 3.63) is 42.4 Å². The number of carbonyl (C=O) groups is 1. The van der Waals surface area contributed by atoms with Gasteiger partial charge in [0.25, 0.3) is 0 Å². The maximum atomic E-state index is 13.9. The van der Waals surface area contributed by atoms with Gasteiger partial charge in [0.05, 0.1) is 30.4 Å². The van der Waals surface area contributed by atoms with E-state index < -0.39 is 0 Å². The zero-order valence-electron chi connectivity index (χ0n) is 18.5.